The lowest BCUT2D eigenvalue weighted by Gasteiger charge is -2.05. The lowest BCUT2D eigenvalue weighted by atomic mass is 10.1. The lowest BCUT2D eigenvalue weighted by molar-refractivity contribution is 0.0696. The Hall–Kier alpha value is -2.73. The summed E-state index contributed by atoms with van der Waals surface area (Å²) < 4.78 is 5.16. The van der Waals surface area contributed by atoms with Crippen molar-refractivity contribution < 1.29 is 14.6 Å². The van der Waals surface area contributed by atoms with E-state index in [-0.39, 0.29) is 5.56 Å². The fourth-order valence-corrected chi connectivity index (χ4v) is 1.66. The Morgan fingerprint density at radius 2 is 1.79 bits per heavy atom. The summed E-state index contributed by atoms with van der Waals surface area (Å²) in [5.41, 5.74) is 1.36. The molecule has 0 radical (unpaired) electrons. The van der Waals surface area contributed by atoms with Crippen LogP contribution in [0.25, 0.3) is 0 Å². The van der Waals surface area contributed by atoms with Crippen molar-refractivity contribution in [3.8, 4) is 17.6 Å². The topological polar surface area (TPSA) is 46.5 Å². The van der Waals surface area contributed by atoms with E-state index in [0.717, 1.165) is 5.56 Å². The highest BCUT2D eigenvalue weighted by Crippen LogP contribution is 2.21. The largest absolute Gasteiger partial charge is 0.495 e. The summed E-state index contributed by atoms with van der Waals surface area (Å²) in [6.45, 7) is 0. The van der Waals surface area contributed by atoms with Crippen molar-refractivity contribution in [2.24, 2.45) is 0 Å². The summed E-state index contributed by atoms with van der Waals surface area (Å²) in [4.78, 5) is 11.2. The number of hydrogen-bond donors (Lipinski definition) is 1. The Labute approximate surface area is 111 Å². The monoisotopic (exact) mass is 252 g/mol. The van der Waals surface area contributed by atoms with Crippen LogP contribution in [0.15, 0.2) is 48.5 Å². The summed E-state index contributed by atoms with van der Waals surface area (Å²) in [5.74, 6) is 5.26. The van der Waals surface area contributed by atoms with Gasteiger partial charge in [-0.3, -0.25) is 0 Å². The predicted octanol–water partition coefficient (Wildman–Crippen LogP) is 2.79. The average molecular weight is 252 g/mol. The summed E-state index contributed by atoms with van der Waals surface area (Å²) in [6, 6.07) is 14.2. The van der Waals surface area contributed by atoms with E-state index in [1.165, 1.54) is 13.2 Å². The first-order valence-electron chi connectivity index (χ1n) is 5.69. The maximum atomic E-state index is 11.2. The zero-order chi connectivity index (χ0) is 13.7. The molecule has 0 atom stereocenters. The molecule has 0 amide bonds. The molecule has 0 fully saturated rings. The van der Waals surface area contributed by atoms with Crippen LogP contribution in [0.2, 0.25) is 0 Å². The number of methoxy groups -OCH3 is 1. The molecule has 0 aromatic heterocycles. The van der Waals surface area contributed by atoms with Crippen LogP contribution in [0.4, 0.5) is 0 Å². The fraction of sp³-hybridized carbons (Fsp3) is 0.0625. The molecule has 0 aliphatic heterocycles. The van der Waals surface area contributed by atoms with Gasteiger partial charge < -0.3 is 9.84 Å². The van der Waals surface area contributed by atoms with E-state index in [1.54, 1.807) is 12.1 Å². The number of carboxylic acids is 1. The van der Waals surface area contributed by atoms with Crippen LogP contribution < -0.4 is 4.74 Å². The number of benzene rings is 2. The van der Waals surface area contributed by atoms with Gasteiger partial charge >= 0.3 is 5.97 Å². The second-order valence-corrected chi connectivity index (χ2v) is 3.80. The van der Waals surface area contributed by atoms with Crippen molar-refractivity contribution in [2.75, 3.05) is 7.11 Å². The smallest absolute Gasteiger partial charge is 0.337 e. The zero-order valence-corrected chi connectivity index (χ0v) is 10.4. The highest BCUT2D eigenvalue weighted by atomic mass is 16.5. The van der Waals surface area contributed by atoms with Gasteiger partial charge in [0.2, 0.25) is 0 Å². The van der Waals surface area contributed by atoms with Gasteiger partial charge in [0.1, 0.15) is 5.75 Å². The van der Waals surface area contributed by atoms with Crippen molar-refractivity contribution in [2.45, 2.75) is 0 Å². The Bertz CT molecular complexity index is 649. The molecule has 2 aromatic carbocycles. The van der Waals surface area contributed by atoms with Gasteiger partial charge in [0, 0.05) is 5.56 Å². The minimum absolute atomic E-state index is 0.141. The number of carbonyl (C=O) groups is 1. The Balaban J connectivity index is 2.50. The minimum Gasteiger partial charge on any atom is -0.495 e. The molecule has 0 heterocycles. The number of hydrogen-bond acceptors (Lipinski definition) is 2. The molecule has 2 aromatic rings. The van der Waals surface area contributed by atoms with Gasteiger partial charge in [0.15, 0.2) is 0 Å². The van der Waals surface area contributed by atoms with E-state index in [4.69, 9.17) is 9.84 Å². The summed E-state index contributed by atoms with van der Waals surface area (Å²) in [5, 5.41) is 9.16. The first-order valence-corrected chi connectivity index (χ1v) is 5.69. The standard InChI is InChI=1S/C16H12O3/c1-19-15-9-5-8-14(16(17)18)13(15)11-10-12-6-3-2-4-7-12/h2-9H,1H3,(H,17,18). The third-order valence-electron chi connectivity index (χ3n) is 2.58. The Kier molecular flexibility index (Phi) is 3.84. The van der Waals surface area contributed by atoms with Crippen LogP contribution in [-0.4, -0.2) is 18.2 Å². The number of ether oxygens (including phenoxy) is 1. The number of carboxylic acid groups (broad SMARTS) is 1. The van der Waals surface area contributed by atoms with Crippen molar-refractivity contribution in [1.82, 2.24) is 0 Å². The molecule has 0 saturated carbocycles. The second-order valence-electron chi connectivity index (χ2n) is 3.80. The van der Waals surface area contributed by atoms with Gasteiger partial charge in [-0.25, -0.2) is 4.79 Å². The van der Waals surface area contributed by atoms with Gasteiger partial charge in [-0.2, -0.15) is 0 Å². The van der Waals surface area contributed by atoms with E-state index in [0.29, 0.717) is 11.3 Å². The lowest BCUT2D eigenvalue weighted by Crippen LogP contribution is -2.02. The molecule has 0 aliphatic carbocycles. The summed E-state index contributed by atoms with van der Waals surface area (Å²) in [6.07, 6.45) is 0. The molecule has 94 valence electrons. The van der Waals surface area contributed by atoms with Crippen molar-refractivity contribution in [3.05, 3.63) is 65.2 Å². The van der Waals surface area contributed by atoms with Crippen LogP contribution >= 0.6 is 0 Å². The molecule has 0 aliphatic rings. The maximum absolute atomic E-state index is 11.2. The quantitative estimate of drug-likeness (QED) is 0.836. The van der Waals surface area contributed by atoms with E-state index in [9.17, 15) is 4.79 Å². The molecule has 0 saturated heterocycles. The third kappa shape index (κ3) is 2.93. The molecule has 2 rings (SSSR count). The highest BCUT2D eigenvalue weighted by Gasteiger charge is 2.12. The van der Waals surface area contributed by atoms with Crippen LogP contribution in [-0.2, 0) is 0 Å². The van der Waals surface area contributed by atoms with Crippen LogP contribution in [0.1, 0.15) is 21.5 Å². The van der Waals surface area contributed by atoms with Crippen molar-refractivity contribution >= 4 is 5.97 Å². The number of aromatic carboxylic acids is 1. The summed E-state index contributed by atoms with van der Waals surface area (Å²) >= 11 is 0. The maximum Gasteiger partial charge on any atom is 0.337 e. The molecule has 3 nitrogen and oxygen atoms in total. The van der Waals surface area contributed by atoms with Gasteiger partial charge in [-0.05, 0) is 24.3 Å². The third-order valence-corrected chi connectivity index (χ3v) is 2.58. The fourth-order valence-electron chi connectivity index (χ4n) is 1.66. The van der Waals surface area contributed by atoms with Crippen LogP contribution in [0.3, 0.4) is 0 Å². The Morgan fingerprint density at radius 3 is 2.42 bits per heavy atom. The highest BCUT2D eigenvalue weighted by molar-refractivity contribution is 5.91. The molecule has 0 unspecified atom stereocenters. The molecular formula is C16H12O3. The molecule has 0 bridgehead atoms. The van der Waals surface area contributed by atoms with Gasteiger partial charge in [-0.15, -0.1) is 0 Å². The summed E-state index contributed by atoms with van der Waals surface area (Å²) in [7, 11) is 1.49. The van der Waals surface area contributed by atoms with Crippen molar-refractivity contribution in [3.63, 3.8) is 0 Å². The van der Waals surface area contributed by atoms with Gasteiger partial charge in [0.25, 0.3) is 0 Å². The zero-order valence-electron chi connectivity index (χ0n) is 10.4. The average Bonchev–Trinajstić information content (AvgIpc) is 2.45. The molecular weight excluding hydrogens is 240 g/mol. The second kappa shape index (κ2) is 5.74. The van der Waals surface area contributed by atoms with Crippen LogP contribution in [0, 0.1) is 11.8 Å². The molecule has 3 heteroatoms. The molecule has 0 spiro atoms. The Morgan fingerprint density at radius 1 is 1.05 bits per heavy atom. The predicted molar refractivity (Wildman–Crippen MR) is 72.4 cm³/mol. The van der Waals surface area contributed by atoms with E-state index in [2.05, 4.69) is 11.8 Å². The van der Waals surface area contributed by atoms with Gasteiger partial charge in [-0.1, -0.05) is 36.1 Å². The van der Waals surface area contributed by atoms with E-state index >= 15 is 0 Å². The van der Waals surface area contributed by atoms with Crippen molar-refractivity contribution in [1.29, 1.82) is 0 Å². The molecule has 19 heavy (non-hydrogen) atoms. The number of rotatable bonds is 2. The van der Waals surface area contributed by atoms with Gasteiger partial charge in [0.05, 0.1) is 18.2 Å². The van der Waals surface area contributed by atoms with Crippen LogP contribution in [0.5, 0.6) is 5.75 Å². The van der Waals surface area contributed by atoms with E-state index in [1.807, 2.05) is 30.3 Å². The van der Waals surface area contributed by atoms with E-state index < -0.39 is 5.97 Å². The first kappa shape index (κ1) is 12.7. The minimum atomic E-state index is -1.02. The normalized spacial score (nSPS) is 9.32. The molecule has 1 N–H and O–H groups in total. The SMILES string of the molecule is COc1cccc(C(=O)O)c1C#Cc1ccccc1. The first-order chi connectivity index (χ1) is 9.22.